The van der Waals surface area contributed by atoms with Crippen LogP contribution in [0.3, 0.4) is 0 Å². The van der Waals surface area contributed by atoms with E-state index in [1.807, 2.05) is 41.2 Å². The molecule has 1 aromatic heterocycles. The second-order valence-electron chi connectivity index (χ2n) is 6.62. The Bertz CT molecular complexity index is 806. The van der Waals surface area contributed by atoms with Gasteiger partial charge in [0.05, 0.1) is 18.1 Å². The number of amides is 1. The fourth-order valence-corrected chi connectivity index (χ4v) is 3.20. The van der Waals surface area contributed by atoms with E-state index in [0.29, 0.717) is 38.1 Å². The summed E-state index contributed by atoms with van der Waals surface area (Å²) >= 11 is 0. The average Bonchev–Trinajstić information content (AvgIpc) is 3.27. The minimum atomic E-state index is -0.534. The fourth-order valence-electron chi connectivity index (χ4n) is 3.20. The Morgan fingerprint density at radius 3 is 2.25 bits per heavy atom. The first-order chi connectivity index (χ1) is 13.6. The normalized spacial score (nSPS) is 14.5. The first-order valence-electron chi connectivity index (χ1n) is 9.43. The maximum absolute atomic E-state index is 12.3. The molecule has 1 aromatic carbocycles. The highest BCUT2D eigenvalue weighted by molar-refractivity contribution is 5.91. The third-order valence-corrected chi connectivity index (χ3v) is 4.80. The highest BCUT2D eigenvalue weighted by atomic mass is 16.5. The van der Waals surface area contributed by atoms with Crippen molar-refractivity contribution in [2.24, 2.45) is 5.92 Å². The molecule has 0 N–H and O–H groups in total. The zero-order valence-corrected chi connectivity index (χ0v) is 15.9. The van der Waals surface area contributed by atoms with Crippen molar-refractivity contribution in [1.82, 2.24) is 9.47 Å². The number of hydrogen-bond acceptors (Lipinski definition) is 5. The highest BCUT2D eigenvalue weighted by Crippen LogP contribution is 2.19. The topological polar surface area (TPSA) is 77.8 Å². The SMILES string of the molecule is CCOC(=O)C1CCN(C(=O)COC(=O)c2ccc(-n3cccc3)cc2)CC1. The van der Waals surface area contributed by atoms with Crippen LogP contribution in [0.4, 0.5) is 0 Å². The fraction of sp³-hybridized carbons (Fsp3) is 0.381. The van der Waals surface area contributed by atoms with Crippen molar-refractivity contribution in [3.63, 3.8) is 0 Å². The summed E-state index contributed by atoms with van der Waals surface area (Å²) in [6.45, 7) is 2.76. The number of carbonyl (C=O) groups excluding carboxylic acids is 3. The lowest BCUT2D eigenvalue weighted by molar-refractivity contribution is -0.151. The second kappa shape index (κ2) is 9.21. The lowest BCUT2D eigenvalue weighted by Gasteiger charge is -2.30. The summed E-state index contributed by atoms with van der Waals surface area (Å²) in [4.78, 5) is 37.8. The van der Waals surface area contributed by atoms with Crippen molar-refractivity contribution in [2.45, 2.75) is 19.8 Å². The molecule has 2 aromatic rings. The number of ether oxygens (including phenoxy) is 2. The maximum atomic E-state index is 12.3. The molecule has 0 atom stereocenters. The summed E-state index contributed by atoms with van der Waals surface area (Å²) in [5.41, 5.74) is 1.33. The minimum absolute atomic E-state index is 0.162. The highest BCUT2D eigenvalue weighted by Gasteiger charge is 2.28. The van der Waals surface area contributed by atoms with E-state index in [-0.39, 0.29) is 24.4 Å². The van der Waals surface area contributed by atoms with E-state index >= 15 is 0 Å². The van der Waals surface area contributed by atoms with E-state index in [0.717, 1.165) is 5.69 Å². The van der Waals surface area contributed by atoms with Crippen LogP contribution in [0.5, 0.6) is 0 Å². The summed E-state index contributed by atoms with van der Waals surface area (Å²) in [7, 11) is 0. The molecule has 0 radical (unpaired) electrons. The first kappa shape index (κ1) is 19.7. The summed E-state index contributed by atoms with van der Waals surface area (Å²) in [5.74, 6) is -1.15. The molecule has 1 aliphatic rings. The largest absolute Gasteiger partial charge is 0.466 e. The van der Waals surface area contributed by atoms with E-state index in [1.165, 1.54) is 0 Å². The molecule has 7 nitrogen and oxygen atoms in total. The molecule has 7 heteroatoms. The van der Waals surface area contributed by atoms with E-state index in [4.69, 9.17) is 9.47 Å². The average molecular weight is 384 g/mol. The Morgan fingerprint density at radius 2 is 1.64 bits per heavy atom. The lowest BCUT2D eigenvalue weighted by atomic mass is 9.97. The van der Waals surface area contributed by atoms with Gasteiger partial charge in [-0.25, -0.2) is 4.79 Å². The van der Waals surface area contributed by atoms with Crippen molar-refractivity contribution in [3.05, 3.63) is 54.4 Å². The van der Waals surface area contributed by atoms with Gasteiger partial charge in [-0.3, -0.25) is 9.59 Å². The van der Waals surface area contributed by atoms with Gasteiger partial charge in [-0.2, -0.15) is 0 Å². The predicted octanol–water partition coefficient (Wildman–Crippen LogP) is 2.44. The van der Waals surface area contributed by atoms with Gasteiger partial charge < -0.3 is 18.9 Å². The van der Waals surface area contributed by atoms with Gasteiger partial charge >= 0.3 is 11.9 Å². The molecule has 1 saturated heterocycles. The minimum Gasteiger partial charge on any atom is -0.466 e. The zero-order chi connectivity index (χ0) is 19.9. The van der Waals surface area contributed by atoms with Crippen LogP contribution in [-0.4, -0.2) is 53.6 Å². The smallest absolute Gasteiger partial charge is 0.338 e. The Labute approximate surface area is 163 Å². The number of esters is 2. The molecule has 148 valence electrons. The molecule has 0 saturated carbocycles. The number of likely N-dealkylation sites (tertiary alicyclic amines) is 1. The molecule has 0 unspecified atom stereocenters. The molecule has 28 heavy (non-hydrogen) atoms. The number of aromatic nitrogens is 1. The van der Waals surface area contributed by atoms with E-state index in [1.54, 1.807) is 24.0 Å². The molecular weight excluding hydrogens is 360 g/mol. The molecule has 2 heterocycles. The Balaban J connectivity index is 1.46. The van der Waals surface area contributed by atoms with Crippen LogP contribution < -0.4 is 0 Å². The standard InChI is InChI=1S/C21H24N2O5/c1-2-27-20(25)17-9-13-23(14-10-17)19(24)15-28-21(26)16-5-7-18(8-6-16)22-11-3-4-12-22/h3-8,11-12,17H,2,9-10,13-15H2,1H3. The number of carbonyl (C=O) groups is 3. The molecule has 0 bridgehead atoms. The molecule has 0 aliphatic carbocycles. The second-order valence-corrected chi connectivity index (χ2v) is 6.62. The van der Waals surface area contributed by atoms with Crippen molar-refractivity contribution in [3.8, 4) is 5.69 Å². The zero-order valence-electron chi connectivity index (χ0n) is 15.9. The molecule has 1 aliphatic heterocycles. The van der Waals surface area contributed by atoms with Crippen molar-refractivity contribution < 1.29 is 23.9 Å². The van der Waals surface area contributed by atoms with Crippen molar-refractivity contribution in [2.75, 3.05) is 26.3 Å². The van der Waals surface area contributed by atoms with E-state index < -0.39 is 5.97 Å². The van der Waals surface area contributed by atoms with Crippen LogP contribution in [0.1, 0.15) is 30.1 Å². The number of benzene rings is 1. The van der Waals surface area contributed by atoms with Crippen LogP contribution in [0.25, 0.3) is 5.69 Å². The van der Waals surface area contributed by atoms with Crippen LogP contribution >= 0.6 is 0 Å². The van der Waals surface area contributed by atoms with Crippen LogP contribution in [-0.2, 0) is 19.1 Å². The summed E-state index contributed by atoms with van der Waals surface area (Å²) in [6, 6.07) is 10.8. The van der Waals surface area contributed by atoms with Gasteiger partial charge in [0.15, 0.2) is 6.61 Å². The third-order valence-electron chi connectivity index (χ3n) is 4.80. The predicted molar refractivity (Wildman–Crippen MR) is 102 cm³/mol. The molecule has 1 amide bonds. The molecule has 0 spiro atoms. The quantitative estimate of drug-likeness (QED) is 0.715. The van der Waals surface area contributed by atoms with Gasteiger partial charge in [-0.05, 0) is 56.2 Å². The monoisotopic (exact) mass is 384 g/mol. The maximum Gasteiger partial charge on any atom is 0.338 e. The van der Waals surface area contributed by atoms with E-state index in [2.05, 4.69) is 0 Å². The van der Waals surface area contributed by atoms with Gasteiger partial charge in [0.1, 0.15) is 0 Å². The molecule has 1 fully saturated rings. The third kappa shape index (κ3) is 4.79. The number of piperidine rings is 1. The lowest BCUT2D eigenvalue weighted by Crippen LogP contribution is -2.42. The Kier molecular flexibility index (Phi) is 6.47. The summed E-state index contributed by atoms with van der Waals surface area (Å²) in [5, 5.41) is 0. The van der Waals surface area contributed by atoms with Gasteiger partial charge in [-0.1, -0.05) is 0 Å². The number of hydrogen-bond donors (Lipinski definition) is 0. The van der Waals surface area contributed by atoms with Crippen LogP contribution in [0, 0.1) is 5.92 Å². The van der Waals surface area contributed by atoms with Gasteiger partial charge in [0.25, 0.3) is 5.91 Å². The molecular formula is C21H24N2O5. The number of nitrogens with zero attached hydrogens (tertiary/aromatic N) is 2. The molecule has 3 rings (SSSR count). The van der Waals surface area contributed by atoms with Gasteiger partial charge in [0, 0.05) is 31.2 Å². The van der Waals surface area contributed by atoms with Gasteiger partial charge in [0.2, 0.25) is 0 Å². The number of rotatable bonds is 6. The van der Waals surface area contributed by atoms with Crippen LogP contribution in [0.15, 0.2) is 48.8 Å². The van der Waals surface area contributed by atoms with Crippen LogP contribution in [0.2, 0.25) is 0 Å². The summed E-state index contributed by atoms with van der Waals surface area (Å²) < 4.78 is 12.1. The first-order valence-corrected chi connectivity index (χ1v) is 9.43. The summed E-state index contributed by atoms with van der Waals surface area (Å²) in [6.07, 6.45) is 4.97. The van der Waals surface area contributed by atoms with E-state index in [9.17, 15) is 14.4 Å². The Morgan fingerprint density at radius 1 is 1.00 bits per heavy atom. The Hall–Kier alpha value is -3.09. The van der Waals surface area contributed by atoms with Crippen molar-refractivity contribution >= 4 is 17.8 Å². The van der Waals surface area contributed by atoms with Crippen molar-refractivity contribution in [1.29, 1.82) is 0 Å². The van der Waals surface area contributed by atoms with Gasteiger partial charge in [-0.15, -0.1) is 0 Å².